The van der Waals surface area contributed by atoms with Crippen LogP contribution in [0, 0.1) is 0 Å². The number of hydrogen-bond donors (Lipinski definition) is 0. The number of carbonyl (C=O) groups excluding carboxylic acids is 1. The molecule has 0 heterocycles. The van der Waals surface area contributed by atoms with Gasteiger partial charge in [-0.05, 0) is 56.4 Å². The van der Waals surface area contributed by atoms with Gasteiger partial charge in [0, 0.05) is 11.5 Å². The highest BCUT2D eigenvalue weighted by atomic mass is 19.4. The van der Waals surface area contributed by atoms with E-state index in [1.807, 2.05) is 6.92 Å². The minimum atomic E-state index is -4.38. The van der Waals surface area contributed by atoms with Crippen LogP contribution in [-0.2, 0) is 22.1 Å². The summed E-state index contributed by atoms with van der Waals surface area (Å²) in [6.45, 7) is 8.78. The number of alkyl halides is 3. The molecule has 2 nitrogen and oxygen atoms in total. The Bertz CT molecular complexity index is 634. The maximum Gasteiger partial charge on any atom is 0.416 e. The SMILES string of the molecule is C=C(C)C(=O)OC(C)(CC)C1CCc2ccc(C(F)(F)F)cc21. The average molecular weight is 326 g/mol. The van der Waals surface area contributed by atoms with Crippen LogP contribution in [0.15, 0.2) is 30.4 Å². The molecule has 23 heavy (non-hydrogen) atoms. The predicted octanol–water partition coefficient (Wildman–Crippen LogP) is 5.02. The largest absolute Gasteiger partial charge is 0.455 e. The first kappa shape index (κ1) is 17.6. The minimum absolute atomic E-state index is 0.242. The molecule has 2 rings (SSSR count). The average Bonchev–Trinajstić information content (AvgIpc) is 2.89. The second-order valence-corrected chi connectivity index (χ2v) is 6.34. The number of benzene rings is 1. The van der Waals surface area contributed by atoms with Crippen molar-refractivity contribution in [3.8, 4) is 0 Å². The summed E-state index contributed by atoms with van der Waals surface area (Å²) in [4.78, 5) is 11.9. The topological polar surface area (TPSA) is 26.3 Å². The zero-order valence-corrected chi connectivity index (χ0v) is 13.6. The normalized spacial score (nSPS) is 19.8. The van der Waals surface area contributed by atoms with Crippen LogP contribution in [0.1, 0.15) is 56.2 Å². The predicted molar refractivity (Wildman–Crippen MR) is 82.1 cm³/mol. The summed E-state index contributed by atoms with van der Waals surface area (Å²) in [6.07, 6.45) is -2.49. The second-order valence-electron chi connectivity index (χ2n) is 6.34. The number of rotatable bonds is 4. The first-order valence-electron chi connectivity index (χ1n) is 7.67. The van der Waals surface area contributed by atoms with E-state index in [1.165, 1.54) is 12.1 Å². The van der Waals surface area contributed by atoms with Crippen LogP contribution in [0.5, 0.6) is 0 Å². The summed E-state index contributed by atoms with van der Waals surface area (Å²) in [5, 5.41) is 0. The minimum Gasteiger partial charge on any atom is -0.455 e. The lowest BCUT2D eigenvalue weighted by Gasteiger charge is -2.35. The molecule has 1 aromatic carbocycles. The Kier molecular flexibility index (Phi) is 4.60. The highest BCUT2D eigenvalue weighted by Crippen LogP contribution is 2.45. The number of halogens is 3. The lowest BCUT2D eigenvalue weighted by atomic mass is 9.82. The van der Waals surface area contributed by atoms with Gasteiger partial charge in [0.1, 0.15) is 5.60 Å². The summed E-state index contributed by atoms with van der Waals surface area (Å²) in [6, 6.07) is 3.86. The molecule has 0 spiro atoms. The number of aryl methyl sites for hydroxylation is 1. The van der Waals surface area contributed by atoms with Gasteiger partial charge >= 0.3 is 12.1 Å². The van der Waals surface area contributed by atoms with E-state index in [0.29, 0.717) is 24.8 Å². The zero-order chi connectivity index (χ0) is 17.4. The Balaban J connectivity index is 2.39. The molecule has 0 bridgehead atoms. The van der Waals surface area contributed by atoms with Gasteiger partial charge in [-0.2, -0.15) is 13.2 Å². The third-order valence-electron chi connectivity index (χ3n) is 4.66. The van der Waals surface area contributed by atoms with Crippen molar-refractivity contribution in [1.29, 1.82) is 0 Å². The van der Waals surface area contributed by atoms with Crippen LogP contribution in [0.25, 0.3) is 0 Å². The molecule has 2 atom stereocenters. The molecule has 0 N–H and O–H groups in total. The molecule has 0 saturated heterocycles. The van der Waals surface area contributed by atoms with Crippen LogP contribution in [0.4, 0.5) is 13.2 Å². The molecule has 1 aliphatic carbocycles. The summed E-state index contributed by atoms with van der Waals surface area (Å²) in [5.74, 6) is -0.747. The van der Waals surface area contributed by atoms with E-state index >= 15 is 0 Å². The summed E-state index contributed by atoms with van der Waals surface area (Å²) in [7, 11) is 0. The fraction of sp³-hybridized carbons (Fsp3) is 0.500. The van der Waals surface area contributed by atoms with Crippen molar-refractivity contribution in [2.24, 2.45) is 0 Å². The fourth-order valence-corrected chi connectivity index (χ4v) is 3.10. The molecule has 1 aromatic rings. The van der Waals surface area contributed by atoms with Crippen molar-refractivity contribution >= 4 is 5.97 Å². The lowest BCUT2D eigenvalue weighted by Crippen LogP contribution is -2.37. The maximum absolute atomic E-state index is 13.0. The molecule has 126 valence electrons. The van der Waals surface area contributed by atoms with Gasteiger partial charge in [-0.15, -0.1) is 0 Å². The van der Waals surface area contributed by atoms with Crippen LogP contribution in [-0.4, -0.2) is 11.6 Å². The fourth-order valence-electron chi connectivity index (χ4n) is 3.10. The van der Waals surface area contributed by atoms with Gasteiger partial charge in [-0.25, -0.2) is 4.79 Å². The molecular weight excluding hydrogens is 305 g/mol. The van der Waals surface area contributed by atoms with Gasteiger partial charge in [-0.3, -0.25) is 0 Å². The van der Waals surface area contributed by atoms with Crippen LogP contribution >= 0.6 is 0 Å². The number of ether oxygens (including phenoxy) is 1. The molecule has 0 amide bonds. The molecule has 1 aliphatic rings. The standard InChI is InChI=1S/C18H21F3O2/c1-5-17(4,23-16(22)11(2)3)15-9-7-12-6-8-13(10-14(12)15)18(19,20)21/h6,8,10,15H,2,5,7,9H2,1,3-4H3. The highest BCUT2D eigenvalue weighted by Gasteiger charge is 2.42. The van der Waals surface area contributed by atoms with E-state index < -0.39 is 23.3 Å². The van der Waals surface area contributed by atoms with Gasteiger partial charge in [0.05, 0.1) is 5.56 Å². The summed E-state index contributed by atoms with van der Waals surface area (Å²) < 4.78 is 44.5. The van der Waals surface area contributed by atoms with Crippen LogP contribution in [0.2, 0.25) is 0 Å². The molecular formula is C18H21F3O2. The van der Waals surface area contributed by atoms with Gasteiger partial charge in [-0.1, -0.05) is 19.6 Å². The second kappa shape index (κ2) is 6.02. The Hall–Kier alpha value is -1.78. The third-order valence-corrected chi connectivity index (χ3v) is 4.66. The van der Waals surface area contributed by atoms with E-state index in [1.54, 1.807) is 13.8 Å². The van der Waals surface area contributed by atoms with E-state index in [-0.39, 0.29) is 11.5 Å². The van der Waals surface area contributed by atoms with Crippen molar-refractivity contribution in [3.05, 3.63) is 47.0 Å². The molecule has 0 radical (unpaired) electrons. The highest BCUT2D eigenvalue weighted by molar-refractivity contribution is 5.87. The Morgan fingerprint density at radius 3 is 2.57 bits per heavy atom. The first-order chi connectivity index (χ1) is 10.6. The Labute approximate surface area is 134 Å². The maximum atomic E-state index is 13.0. The Morgan fingerprint density at radius 2 is 2.04 bits per heavy atom. The van der Waals surface area contributed by atoms with Crippen molar-refractivity contribution in [2.75, 3.05) is 0 Å². The van der Waals surface area contributed by atoms with E-state index in [2.05, 4.69) is 6.58 Å². The van der Waals surface area contributed by atoms with Gasteiger partial charge in [0.25, 0.3) is 0 Å². The molecule has 0 aliphatic heterocycles. The quantitative estimate of drug-likeness (QED) is 0.573. The van der Waals surface area contributed by atoms with Crippen molar-refractivity contribution < 1.29 is 22.7 Å². The van der Waals surface area contributed by atoms with E-state index in [0.717, 1.165) is 11.6 Å². The van der Waals surface area contributed by atoms with E-state index in [4.69, 9.17) is 4.74 Å². The number of esters is 1. The Morgan fingerprint density at radius 1 is 1.39 bits per heavy atom. The van der Waals surface area contributed by atoms with Crippen molar-refractivity contribution in [3.63, 3.8) is 0 Å². The van der Waals surface area contributed by atoms with Crippen LogP contribution in [0.3, 0.4) is 0 Å². The first-order valence-corrected chi connectivity index (χ1v) is 7.67. The van der Waals surface area contributed by atoms with Crippen LogP contribution < -0.4 is 0 Å². The van der Waals surface area contributed by atoms with Gasteiger partial charge < -0.3 is 4.74 Å². The summed E-state index contributed by atoms with van der Waals surface area (Å²) in [5.41, 5.74) is 0.318. The van der Waals surface area contributed by atoms with Crippen molar-refractivity contribution in [1.82, 2.24) is 0 Å². The third kappa shape index (κ3) is 3.43. The van der Waals surface area contributed by atoms with Gasteiger partial charge in [0.2, 0.25) is 0 Å². The smallest absolute Gasteiger partial charge is 0.416 e. The monoisotopic (exact) mass is 326 g/mol. The zero-order valence-electron chi connectivity index (χ0n) is 13.6. The molecule has 2 unspecified atom stereocenters. The van der Waals surface area contributed by atoms with Crippen molar-refractivity contribution in [2.45, 2.75) is 57.7 Å². The van der Waals surface area contributed by atoms with E-state index in [9.17, 15) is 18.0 Å². The number of hydrogen-bond acceptors (Lipinski definition) is 2. The summed E-state index contributed by atoms with van der Waals surface area (Å²) >= 11 is 0. The number of carbonyl (C=O) groups is 1. The lowest BCUT2D eigenvalue weighted by molar-refractivity contribution is -0.156. The molecule has 0 aromatic heterocycles. The number of fused-ring (bicyclic) bond motifs is 1. The van der Waals surface area contributed by atoms with Gasteiger partial charge in [0.15, 0.2) is 0 Å². The molecule has 0 saturated carbocycles. The molecule has 0 fully saturated rings. The molecule has 5 heteroatoms.